The number of benzene rings is 2. The Balaban J connectivity index is 1.43. The molecule has 0 aromatic heterocycles. The van der Waals surface area contributed by atoms with Crippen LogP contribution in [-0.2, 0) is 15.0 Å². The van der Waals surface area contributed by atoms with Crippen molar-refractivity contribution in [3.63, 3.8) is 0 Å². The fourth-order valence-electron chi connectivity index (χ4n) is 4.31. The van der Waals surface area contributed by atoms with Crippen LogP contribution in [0.1, 0.15) is 36.3 Å². The summed E-state index contributed by atoms with van der Waals surface area (Å²) >= 11 is 0. The lowest BCUT2D eigenvalue weighted by molar-refractivity contribution is -0.148. The number of amides is 1. The highest BCUT2D eigenvalue weighted by Crippen LogP contribution is 2.49. The molecule has 1 saturated heterocycles. The van der Waals surface area contributed by atoms with Crippen molar-refractivity contribution >= 4 is 11.9 Å². The molecule has 1 saturated carbocycles. The zero-order valence-corrected chi connectivity index (χ0v) is 15.3. The third kappa shape index (κ3) is 3.17. The second-order valence-corrected chi connectivity index (χ2v) is 7.70. The first-order chi connectivity index (χ1) is 13.4. The van der Waals surface area contributed by atoms with E-state index in [0.717, 1.165) is 17.7 Å². The number of hydrogen-bond acceptors (Lipinski definition) is 2. The highest BCUT2D eigenvalue weighted by molar-refractivity contribution is 5.85. The largest absolute Gasteiger partial charge is 0.481 e. The lowest BCUT2D eigenvalue weighted by Crippen LogP contribution is -2.49. The summed E-state index contributed by atoms with van der Waals surface area (Å²) in [5, 5.41) is 9.86. The first-order valence-electron chi connectivity index (χ1n) is 9.45. The number of hydrogen-bond donors (Lipinski definition) is 1. The molecule has 2 fully saturated rings. The molecule has 1 N–H and O–H groups in total. The van der Waals surface area contributed by atoms with Gasteiger partial charge >= 0.3 is 5.97 Å². The third-order valence-electron chi connectivity index (χ3n) is 6.14. The normalized spacial score (nSPS) is 23.3. The Labute approximate surface area is 161 Å². The van der Waals surface area contributed by atoms with E-state index in [4.69, 9.17) is 0 Å². The monoisotopic (exact) mass is 385 g/mol. The van der Waals surface area contributed by atoms with Gasteiger partial charge in [0.25, 0.3) is 0 Å². The Bertz CT molecular complexity index is 907. The number of nitrogens with zero attached hydrogens (tertiary/aromatic N) is 1. The minimum absolute atomic E-state index is 0.0261. The van der Waals surface area contributed by atoms with Crippen LogP contribution in [0, 0.1) is 17.6 Å². The van der Waals surface area contributed by atoms with Crippen LogP contribution in [0.3, 0.4) is 0 Å². The zero-order valence-electron chi connectivity index (χ0n) is 15.3. The fraction of sp³-hybridized carbons (Fsp3) is 0.364. The third-order valence-corrected chi connectivity index (χ3v) is 6.14. The van der Waals surface area contributed by atoms with E-state index >= 15 is 0 Å². The smallest absolute Gasteiger partial charge is 0.314 e. The predicted octanol–water partition coefficient (Wildman–Crippen LogP) is 3.71. The Hall–Kier alpha value is -2.76. The van der Waals surface area contributed by atoms with Crippen molar-refractivity contribution in [3.8, 4) is 0 Å². The highest BCUT2D eigenvalue weighted by atomic mass is 19.2. The van der Waals surface area contributed by atoms with Gasteiger partial charge in [-0.3, -0.25) is 9.59 Å². The molecule has 28 heavy (non-hydrogen) atoms. The Morgan fingerprint density at radius 2 is 1.68 bits per heavy atom. The average Bonchev–Trinajstić information content (AvgIpc) is 3.51. The summed E-state index contributed by atoms with van der Waals surface area (Å²) in [6.45, 7) is 0.752. The van der Waals surface area contributed by atoms with Gasteiger partial charge in [0.1, 0.15) is 0 Å². The molecule has 1 heterocycles. The number of rotatable bonds is 4. The molecule has 1 aliphatic heterocycles. The number of aliphatic carboxylic acids is 1. The molecule has 0 radical (unpaired) electrons. The van der Waals surface area contributed by atoms with Crippen LogP contribution in [0.4, 0.5) is 8.78 Å². The van der Waals surface area contributed by atoms with E-state index in [2.05, 4.69) is 0 Å². The lowest BCUT2D eigenvalue weighted by atomic mass is 9.73. The van der Waals surface area contributed by atoms with Crippen molar-refractivity contribution in [2.24, 2.45) is 5.92 Å². The molecule has 0 spiro atoms. The standard InChI is InChI=1S/C22H21F2NO3/c23-18-7-6-14(12-19(18)24)16-13-17(16)20(26)25-10-8-22(9-11-25,21(27)28)15-4-2-1-3-5-15/h1-7,12,16-17H,8-11,13H2,(H,27,28)/t16-,17-/m0/s1. The van der Waals surface area contributed by atoms with E-state index < -0.39 is 23.0 Å². The van der Waals surface area contributed by atoms with Crippen molar-refractivity contribution < 1.29 is 23.5 Å². The van der Waals surface area contributed by atoms with Crippen LogP contribution < -0.4 is 0 Å². The molecule has 1 aliphatic carbocycles. The number of halogens is 2. The van der Waals surface area contributed by atoms with E-state index in [9.17, 15) is 23.5 Å². The number of carbonyl (C=O) groups excluding carboxylic acids is 1. The van der Waals surface area contributed by atoms with Gasteiger partial charge in [-0.15, -0.1) is 0 Å². The molecular weight excluding hydrogens is 364 g/mol. The Kier molecular flexibility index (Phi) is 4.65. The van der Waals surface area contributed by atoms with E-state index in [-0.39, 0.29) is 17.7 Å². The molecule has 0 unspecified atom stereocenters. The van der Waals surface area contributed by atoms with Gasteiger partial charge in [0.05, 0.1) is 5.41 Å². The average molecular weight is 385 g/mol. The van der Waals surface area contributed by atoms with E-state index in [1.165, 1.54) is 6.07 Å². The zero-order chi connectivity index (χ0) is 19.9. The highest BCUT2D eigenvalue weighted by Gasteiger charge is 2.49. The van der Waals surface area contributed by atoms with Gasteiger partial charge in [-0.1, -0.05) is 36.4 Å². The number of piperidine rings is 1. The molecule has 2 aromatic carbocycles. The van der Waals surface area contributed by atoms with Crippen molar-refractivity contribution in [3.05, 3.63) is 71.3 Å². The fourth-order valence-corrected chi connectivity index (χ4v) is 4.31. The maximum atomic E-state index is 13.4. The summed E-state index contributed by atoms with van der Waals surface area (Å²) in [4.78, 5) is 26.6. The number of likely N-dealkylation sites (tertiary alicyclic amines) is 1. The minimum atomic E-state index is -0.971. The maximum absolute atomic E-state index is 13.4. The maximum Gasteiger partial charge on any atom is 0.314 e. The molecular formula is C22H21F2NO3. The second kappa shape index (κ2) is 7.00. The Morgan fingerprint density at radius 1 is 1.00 bits per heavy atom. The van der Waals surface area contributed by atoms with Gasteiger partial charge in [0, 0.05) is 19.0 Å². The van der Waals surface area contributed by atoms with Gasteiger partial charge < -0.3 is 10.0 Å². The number of carboxylic acids is 1. The van der Waals surface area contributed by atoms with Gasteiger partial charge in [0.15, 0.2) is 11.6 Å². The van der Waals surface area contributed by atoms with Crippen molar-refractivity contribution in [2.45, 2.75) is 30.6 Å². The molecule has 0 bridgehead atoms. The van der Waals surface area contributed by atoms with Crippen LogP contribution >= 0.6 is 0 Å². The molecule has 2 atom stereocenters. The van der Waals surface area contributed by atoms with Gasteiger partial charge in [-0.2, -0.15) is 0 Å². The van der Waals surface area contributed by atoms with Gasteiger partial charge in [0.2, 0.25) is 5.91 Å². The van der Waals surface area contributed by atoms with E-state index in [1.807, 2.05) is 30.3 Å². The van der Waals surface area contributed by atoms with Crippen LogP contribution in [0.15, 0.2) is 48.5 Å². The summed E-state index contributed by atoms with van der Waals surface area (Å²) in [5.74, 6) is -3.02. The summed E-state index contributed by atoms with van der Waals surface area (Å²) < 4.78 is 26.6. The second-order valence-electron chi connectivity index (χ2n) is 7.70. The topological polar surface area (TPSA) is 57.6 Å². The van der Waals surface area contributed by atoms with Crippen LogP contribution in [0.25, 0.3) is 0 Å². The SMILES string of the molecule is O=C([C@H]1C[C@H]1c1ccc(F)c(F)c1)N1CCC(C(=O)O)(c2ccccc2)CC1. The summed E-state index contributed by atoms with van der Waals surface area (Å²) in [6, 6.07) is 12.9. The summed E-state index contributed by atoms with van der Waals surface area (Å²) in [6.07, 6.45) is 1.34. The quantitative estimate of drug-likeness (QED) is 0.873. The van der Waals surface area contributed by atoms with Crippen LogP contribution in [0.2, 0.25) is 0 Å². The molecule has 146 valence electrons. The van der Waals surface area contributed by atoms with Crippen molar-refractivity contribution in [1.82, 2.24) is 4.90 Å². The van der Waals surface area contributed by atoms with Gasteiger partial charge in [-0.25, -0.2) is 8.78 Å². The lowest BCUT2D eigenvalue weighted by Gasteiger charge is -2.39. The van der Waals surface area contributed by atoms with E-state index in [0.29, 0.717) is 37.9 Å². The molecule has 2 aromatic rings. The molecule has 4 nitrogen and oxygen atoms in total. The summed E-state index contributed by atoms with van der Waals surface area (Å²) in [5.41, 5.74) is 0.431. The first-order valence-corrected chi connectivity index (χ1v) is 9.45. The Morgan fingerprint density at radius 3 is 2.29 bits per heavy atom. The molecule has 6 heteroatoms. The van der Waals surface area contributed by atoms with Crippen molar-refractivity contribution in [2.75, 3.05) is 13.1 Å². The molecule has 2 aliphatic rings. The van der Waals surface area contributed by atoms with Crippen molar-refractivity contribution in [1.29, 1.82) is 0 Å². The first kappa shape index (κ1) is 18.6. The van der Waals surface area contributed by atoms with Gasteiger partial charge in [-0.05, 0) is 48.4 Å². The predicted molar refractivity (Wildman–Crippen MR) is 98.8 cm³/mol. The van der Waals surface area contributed by atoms with E-state index in [1.54, 1.807) is 4.90 Å². The number of carbonyl (C=O) groups is 2. The molecule has 1 amide bonds. The minimum Gasteiger partial charge on any atom is -0.481 e. The van der Waals surface area contributed by atoms with Crippen LogP contribution in [0.5, 0.6) is 0 Å². The van der Waals surface area contributed by atoms with Crippen LogP contribution in [-0.4, -0.2) is 35.0 Å². The summed E-state index contributed by atoms with van der Waals surface area (Å²) in [7, 11) is 0. The number of carboxylic acid groups (broad SMARTS) is 1. The molecule has 4 rings (SSSR count).